The van der Waals surface area contributed by atoms with Gasteiger partial charge in [-0.3, -0.25) is 9.89 Å². The maximum atomic E-state index is 12.2. The van der Waals surface area contributed by atoms with Crippen molar-refractivity contribution in [2.45, 2.75) is 32.2 Å². The Morgan fingerprint density at radius 3 is 2.47 bits per heavy atom. The van der Waals surface area contributed by atoms with Crippen molar-refractivity contribution >= 4 is 5.96 Å². The minimum Gasteiger partial charge on any atom is -0.406 e. The average Bonchev–Trinajstić information content (AvgIpc) is 2.67. The van der Waals surface area contributed by atoms with Crippen molar-refractivity contribution in [3.63, 3.8) is 0 Å². The molecule has 1 atom stereocenters. The summed E-state index contributed by atoms with van der Waals surface area (Å²) in [6.07, 6.45) is -4.09. The second-order valence-corrected chi connectivity index (χ2v) is 7.45. The molecule has 10 heteroatoms. The zero-order valence-corrected chi connectivity index (χ0v) is 17.5. The monoisotopic (exact) mass is 432 g/mol. The lowest BCUT2D eigenvalue weighted by Gasteiger charge is -2.33. The number of nitrogens with one attached hydrogen (secondary N) is 2. The van der Waals surface area contributed by atoms with E-state index in [1.807, 2.05) is 6.92 Å². The Balaban J connectivity index is 1.81. The molecule has 1 unspecified atom stereocenters. The molecule has 1 fully saturated rings. The molecule has 1 aromatic rings. The summed E-state index contributed by atoms with van der Waals surface area (Å²) in [5.74, 6) is 0.341. The van der Waals surface area contributed by atoms with E-state index in [-0.39, 0.29) is 12.3 Å². The first-order chi connectivity index (χ1) is 14.2. The summed E-state index contributed by atoms with van der Waals surface area (Å²) in [5.41, 5.74) is -0.0965. The lowest BCUT2D eigenvalue weighted by molar-refractivity contribution is -0.274. The highest BCUT2D eigenvalue weighted by Gasteiger charge is 2.31. The third-order valence-corrected chi connectivity index (χ3v) is 4.45. The zero-order chi connectivity index (χ0) is 22.0. The van der Waals surface area contributed by atoms with Gasteiger partial charge in [0, 0.05) is 32.7 Å². The molecule has 30 heavy (non-hydrogen) atoms. The van der Waals surface area contributed by atoms with Gasteiger partial charge < -0.3 is 25.2 Å². The topological polar surface area (TPSA) is 78.4 Å². The van der Waals surface area contributed by atoms with E-state index in [0.717, 1.165) is 18.7 Å². The van der Waals surface area contributed by atoms with Gasteiger partial charge in [-0.25, -0.2) is 0 Å². The van der Waals surface area contributed by atoms with Crippen molar-refractivity contribution in [2.24, 2.45) is 4.99 Å². The standard InChI is InChI=1S/C20H31F3N4O3/c1-3-24-18(26-14-19(2,28)15-27-10-12-29-13-11-27)25-9-8-16-4-6-17(7-5-16)30-20(21,22)23/h4-7,28H,3,8-15H2,1-2H3,(H2,24,25,26). The van der Waals surface area contributed by atoms with E-state index in [4.69, 9.17) is 4.74 Å². The molecule has 0 radical (unpaired) electrons. The number of aliphatic imine (C=N–C) groups is 1. The lowest BCUT2D eigenvalue weighted by Crippen LogP contribution is -2.48. The number of morpholine rings is 1. The molecule has 1 aromatic carbocycles. The van der Waals surface area contributed by atoms with Crippen LogP contribution in [0.15, 0.2) is 29.3 Å². The molecule has 0 aliphatic carbocycles. The molecule has 7 nitrogen and oxygen atoms in total. The van der Waals surface area contributed by atoms with Gasteiger partial charge >= 0.3 is 6.36 Å². The van der Waals surface area contributed by atoms with Gasteiger partial charge in [0.1, 0.15) is 5.75 Å². The highest BCUT2D eigenvalue weighted by molar-refractivity contribution is 5.79. The second-order valence-electron chi connectivity index (χ2n) is 7.45. The minimum atomic E-state index is -4.69. The van der Waals surface area contributed by atoms with E-state index >= 15 is 0 Å². The number of alkyl halides is 3. The van der Waals surface area contributed by atoms with Crippen molar-refractivity contribution in [1.82, 2.24) is 15.5 Å². The summed E-state index contributed by atoms with van der Waals surface area (Å²) in [4.78, 5) is 6.64. The van der Waals surface area contributed by atoms with Gasteiger partial charge in [0.2, 0.25) is 0 Å². The number of rotatable bonds is 9. The first-order valence-electron chi connectivity index (χ1n) is 10.1. The van der Waals surface area contributed by atoms with Gasteiger partial charge in [-0.1, -0.05) is 12.1 Å². The SMILES string of the molecule is CCNC(=NCC(C)(O)CN1CCOCC1)NCCc1ccc(OC(F)(F)F)cc1. The molecular formula is C20H31F3N4O3. The molecule has 0 spiro atoms. The maximum absolute atomic E-state index is 12.2. The molecule has 2 rings (SSSR count). The third kappa shape index (κ3) is 9.64. The first kappa shape index (κ1) is 24.2. The minimum absolute atomic E-state index is 0.239. The molecule has 1 aliphatic heterocycles. The Hall–Kier alpha value is -2.04. The van der Waals surface area contributed by atoms with E-state index in [2.05, 4.69) is 25.3 Å². The van der Waals surface area contributed by atoms with Crippen LogP contribution in [0.2, 0.25) is 0 Å². The third-order valence-electron chi connectivity index (χ3n) is 4.45. The number of β-amino-alcohol motifs (C(OH)–C–C–N with tert-alkyl or cyclic N) is 1. The van der Waals surface area contributed by atoms with Crippen LogP contribution in [0.5, 0.6) is 5.75 Å². The number of hydrogen-bond donors (Lipinski definition) is 3. The van der Waals surface area contributed by atoms with Crippen LogP contribution in [-0.2, 0) is 11.2 Å². The molecular weight excluding hydrogens is 401 g/mol. The van der Waals surface area contributed by atoms with Crippen molar-refractivity contribution < 1.29 is 27.8 Å². The number of guanidine groups is 1. The molecule has 1 aliphatic rings. The molecule has 0 bridgehead atoms. The summed E-state index contributed by atoms with van der Waals surface area (Å²) >= 11 is 0. The molecule has 0 saturated carbocycles. The molecule has 170 valence electrons. The van der Waals surface area contributed by atoms with Crippen LogP contribution < -0.4 is 15.4 Å². The van der Waals surface area contributed by atoms with Gasteiger partial charge in [-0.05, 0) is 38.0 Å². The molecule has 1 heterocycles. The second kappa shape index (κ2) is 11.4. The lowest BCUT2D eigenvalue weighted by atomic mass is 10.1. The fourth-order valence-electron chi connectivity index (χ4n) is 3.07. The molecule has 0 amide bonds. The summed E-state index contributed by atoms with van der Waals surface area (Å²) in [6, 6.07) is 5.79. The fraction of sp³-hybridized carbons (Fsp3) is 0.650. The van der Waals surface area contributed by atoms with Crippen molar-refractivity contribution in [3.8, 4) is 5.75 Å². The van der Waals surface area contributed by atoms with Crippen molar-refractivity contribution in [3.05, 3.63) is 29.8 Å². The Kier molecular flexibility index (Phi) is 9.19. The number of ether oxygens (including phenoxy) is 2. The normalized spacial score (nSPS) is 18.0. The van der Waals surface area contributed by atoms with Gasteiger partial charge in [0.15, 0.2) is 5.96 Å². The average molecular weight is 432 g/mol. The highest BCUT2D eigenvalue weighted by atomic mass is 19.4. The van der Waals surface area contributed by atoms with Crippen LogP contribution >= 0.6 is 0 Å². The van der Waals surface area contributed by atoms with Crippen LogP contribution in [-0.4, -0.2) is 80.4 Å². The van der Waals surface area contributed by atoms with E-state index in [0.29, 0.717) is 45.2 Å². The Morgan fingerprint density at radius 2 is 1.87 bits per heavy atom. The predicted octanol–water partition coefficient (Wildman–Crippen LogP) is 1.77. The van der Waals surface area contributed by atoms with E-state index in [1.165, 1.54) is 12.1 Å². The molecule has 0 aromatic heterocycles. The number of halogens is 3. The largest absolute Gasteiger partial charge is 0.573 e. The number of hydrogen-bond acceptors (Lipinski definition) is 5. The maximum Gasteiger partial charge on any atom is 0.573 e. The van der Waals surface area contributed by atoms with Gasteiger partial charge in [-0.2, -0.15) is 0 Å². The Labute approximate surface area is 175 Å². The summed E-state index contributed by atoms with van der Waals surface area (Å²) < 4.78 is 45.8. The van der Waals surface area contributed by atoms with E-state index in [1.54, 1.807) is 19.1 Å². The van der Waals surface area contributed by atoms with Crippen molar-refractivity contribution in [2.75, 3.05) is 52.5 Å². The fourth-order valence-corrected chi connectivity index (χ4v) is 3.07. The smallest absolute Gasteiger partial charge is 0.406 e. The van der Waals surface area contributed by atoms with E-state index in [9.17, 15) is 18.3 Å². The summed E-state index contributed by atoms with van der Waals surface area (Å²) in [6.45, 7) is 8.62. The highest BCUT2D eigenvalue weighted by Crippen LogP contribution is 2.22. The Morgan fingerprint density at radius 1 is 1.20 bits per heavy atom. The van der Waals surface area contributed by atoms with Crippen molar-refractivity contribution in [1.29, 1.82) is 0 Å². The van der Waals surface area contributed by atoms with Crippen LogP contribution in [0.25, 0.3) is 0 Å². The van der Waals surface area contributed by atoms with Crippen LogP contribution in [0.3, 0.4) is 0 Å². The van der Waals surface area contributed by atoms with Crippen LogP contribution in [0.4, 0.5) is 13.2 Å². The van der Waals surface area contributed by atoms with Crippen LogP contribution in [0, 0.1) is 0 Å². The summed E-state index contributed by atoms with van der Waals surface area (Å²) in [7, 11) is 0. The van der Waals surface area contributed by atoms with Gasteiger partial charge in [0.25, 0.3) is 0 Å². The van der Waals surface area contributed by atoms with Gasteiger partial charge in [0.05, 0.1) is 25.4 Å². The molecule has 1 saturated heterocycles. The number of benzene rings is 1. The quantitative estimate of drug-likeness (QED) is 0.408. The summed E-state index contributed by atoms with van der Waals surface area (Å²) in [5, 5.41) is 17.0. The first-order valence-corrected chi connectivity index (χ1v) is 10.1. The molecule has 3 N–H and O–H groups in total. The van der Waals surface area contributed by atoms with Gasteiger partial charge in [-0.15, -0.1) is 13.2 Å². The van der Waals surface area contributed by atoms with Crippen LogP contribution in [0.1, 0.15) is 19.4 Å². The Bertz CT molecular complexity index is 660. The predicted molar refractivity (Wildman–Crippen MR) is 109 cm³/mol. The number of nitrogens with zero attached hydrogens (tertiary/aromatic N) is 2. The van der Waals surface area contributed by atoms with E-state index < -0.39 is 12.0 Å². The zero-order valence-electron chi connectivity index (χ0n) is 17.5. The number of aliphatic hydroxyl groups is 1.